The minimum absolute atomic E-state index is 0.873. The van der Waals surface area contributed by atoms with E-state index in [9.17, 15) is 0 Å². The Morgan fingerprint density at radius 2 is 2.05 bits per heavy atom. The maximum absolute atomic E-state index is 5.97. The summed E-state index contributed by atoms with van der Waals surface area (Å²) in [6.45, 7) is 3.31. The number of fused-ring (bicyclic) bond motifs is 1. The topological polar surface area (TPSA) is 27.6 Å². The van der Waals surface area contributed by atoms with Crippen LogP contribution in [0, 0.1) is 11.8 Å². The number of aliphatic imine (C=N–C) groups is 1. The van der Waals surface area contributed by atoms with Gasteiger partial charge in [-0.2, -0.15) is 0 Å². The van der Waals surface area contributed by atoms with Gasteiger partial charge in [0.15, 0.2) is 5.96 Å². The van der Waals surface area contributed by atoms with Crippen molar-refractivity contribution in [1.82, 2.24) is 10.2 Å². The first-order valence-electron chi connectivity index (χ1n) is 7.96. The summed E-state index contributed by atoms with van der Waals surface area (Å²) in [6.07, 6.45) is 6.66. The van der Waals surface area contributed by atoms with E-state index in [1.165, 1.54) is 43.6 Å². The Morgan fingerprint density at radius 1 is 1.33 bits per heavy atom. The van der Waals surface area contributed by atoms with Crippen molar-refractivity contribution in [1.29, 1.82) is 0 Å². The lowest BCUT2D eigenvalue weighted by atomic mass is 9.82. The van der Waals surface area contributed by atoms with Crippen LogP contribution in [-0.4, -0.2) is 37.5 Å². The third-order valence-corrected chi connectivity index (χ3v) is 6.06. The van der Waals surface area contributed by atoms with Crippen LogP contribution in [0.15, 0.2) is 17.1 Å². The quantitative estimate of drug-likeness (QED) is 0.678. The van der Waals surface area contributed by atoms with E-state index in [1.807, 2.05) is 13.1 Å². The van der Waals surface area contributed by atoms with E-state index >= 15 is 0 Å². The van der Waals surface area contributed by atoms with E-state index in [2.05, 4.69) is 21.3 Å². The highest BCUT2D eigenvalue weighted by atomic mass is 35.5. The number of hydrogen-bond donors (Lipinski definition) is 1. The molecule has 0 bridgehead atoms. The second-order valence-corrected chi connectivity index (χ2v) is 7.94. The standard InChI is InChI=1S/C16H24ClN3S/c1-18-16(19-9-8-14-6-7-15(17)21-14)20-10-12-4-2-3-5-13(12)11-20/h6-7,12-13H,2-5,8-11H2,1H3,(H,18,19). The van der Waals surface area contributed by atoms with Crippen molar-refractivity contribution in [2.75, 3.05) is 26.7 Å². The first kappa shape index (κ1) is 15.2. The average molecular weight is 326 g/mol. The van der Waals surface area contributed by atoms with E-state index < -0.39 is 0 Å². The maximum atomic E-state index is 5.97. The molecule has 1 aromatic rings. The van der Waals surface area contributed by atoms with E-state index in [1.54, 1.807) is 11.3 Å². The van der Waals surface area contributed by atoms with Gasteiger partial charge >= 0.3 is 0 Å². The zero-order valence-electron chi connectivity index (χ0n) is 12.6. The lowest BCUT2D eigenvalue weighted by molar-refractivity contribution is 0.299. The molecule has 2 heterocycles. The molecular formula is C16H24ClN3S. The molecule has 2 atom stereocenters. The largest absolute Gasteiger partial charge is 0.356 e. The van der Waals surface area contributed by atoms with Gasteiger partial charge in [-0.25, -0.2) is 0 Å². The van der Waals surface area contributed by atoms with Crippen molar-refractivity contribution >= 4 is 28.9 Å². The number of likely N-dealkylation sites (tertiary alicyclic amines) is 1. The predicted octanol–water partition coefficient (Wildman–Crippen LogP) is 3.64. The number of hydrogen-bond acceptors (Lipinski definition) is 2. The molecule has 3 rings (SSSR count). The molecule has 0 aromatic carbocycles. The molecule has 1 saturated heterocycles. The molecule has 2 fully saturated rings. The molecule has 2 aliphatic rings. The molecule has 1 N–H and O–H groups in total. The van der Waals surface area contributed by atoms with Crippen LogP contribution in [0.4, 0.5) is 0 Å². The molecule has 3 nitrogen and oxygen atoms in total. The van der Waals surface area contributed by atoms with Crippen molar-refractivity contribution in [2.24, 2.45) is 16.8 Å². The molecule has 1 aliphatic carbocycles. The van der Waals surface area contributed by atoms with E-state index in [0.29, 0.717) is 0 Å². The summed E-state index contributed by atoms with van der Waals surface area (Å²) in [5.41, 5.74) is 0. The molecule has 2 unspecified atom stereocenters. The molecule has 1 aromatic heterocycles. The molecule has 1 aliphatic heterocycles. The van der Waals surface area contributed by atoms with Crippen molar-refractivity contribution in [3.63, 3.8) is 0 Å². The van der Waals surface area contributed by atoms with Gasteiger partial charge in [-0.3, -0.25) is 4.99 Å². The van der Waals surface area contributed by atoms with Crippen LogP contribution < -0.4 is 5.32 Å². The number of nitrogens with zero attached hydrogens (tertiary/aromatic N) is 2. The monoisotopic (exact) mass is 325 g/mol. The lowest BCUT2D eigenvalue weighted by Crippen LogP contribution is -2.41. The van der Waals surface area contributed by atoms with Crippen LogP contribution in [0.2, 0.25) is 4.34 Å². The third-order valence-electron chi connectivity index (χ3n) is 4.77. The summed E-state index contributed by atoms with van der Waals surface area (Å²) in [7, 11) is 1.90. The van der Waals surface area contributed by atoms with Gasteiger partial charge in [0.25, 0.3) is 0 Å². The summed E-state index contributed by atoms with van der Waals surface area (Å²) in [5.74, 6) is 2.87. The van der Waals surface area contributed by atoms with Gasteiger partial charge in [-0.1, -0.05) is 24.4 Å². The highest BCUT2D eigenvalue weighted by molar-refractivity contribution is 7.16. The van der Waals surface area contributed by atoms with E-state index in [0.717, 1.165) is 35.1 Å². The maximum Gasteiger partial charge on any atom is 0.193 e. The average Bonchev–Trinajstić information content (AvgIpc) is 3.09. The third kappa shape index (κ3) is 3.72. The first-order valence-corrected chi connectivity index (χ1v) is 9.15. The Labute approximate surface area is 136 Å². The van der Waals surface area contributed by atoms with Gasteiger partial charge in [0.1, 0.15) is 0 Å². The number of rotatable bonds is 3. The number of nitrogens with one attached hydrogen (secondary N) is 1. The number of halogens is 1. The number of guanidine groups is 1. The van der Waals surface area contributed by atoms with Gasteiger partial charge in [-0.15, -0.1) is 11.3 Å². The zero-order chi connectivity index (χ0) is 14.7. The summed E-state index contributed by atoms with van der Waals surface area (Å²) in [4.78, 5) is 8.27. The van der Waals surface area contributed by atoms with Crippen molar-refractivity contribution in [3.05, 3.63) is 21.3 Å². The van der Waals surface area contributed by atoms with Crippen molar-refractivity contribution < 1.29 is 0 Å². The van der Waals surface area contributed by atoms with Crippen molar-refractivity contribution in [2.45, 2.75) is 32.1 Å². The highest BCUT2D eigenvalue weighted by Gasteiger charge is 2.35. The van der Waals surface area contributed by atoms with Crippen LogP contribution >= 0.6 is 22.9 Å². The first-order chi connectivity index (χ1) is 10.3. The highest BCUT2D eigenvalue weighted by Crippen LogP contribution is 2.35. The molecule has 0 amide bonds. The second kappa shape index (κ2) is 7.01. The molecule has 5 heteroatoms. The van der Waals surface area contributed by atoms with Crippen LogP contribution in [0.5, 0.6) is 0 Å². The van der Waals surface area contributed by atoms with Crippen LogP contribution in [-0.2, 0) is 6.42 Å². The Kier molecular flexibility index (Phi) is 5.07. The van der Waals surface area contributed by atoms with Gasteiger partial charge < -0.3 is 10.2 Å². The minimum Gasteiger partial charge on any atom is -0.356 e. The fourth-order valence-corrected chi connectivity index (χ4v) is 4.78. The van der Waals surface area contributed by atoms with E-state index in [-0.39, 0.29) is 0 Å². The smallest absolute Gasteiger partial charge is 0.193 e. The summed E-state index contributed by atoms with van der Waals surface area (Å²) < 4.78 is 0.873. The zero-order valence-corrected chi connectivity index (χ0v) is 14.2. The van der Waals surface area contributed by atoms with Gasteiger partial charge in [0, 0.05) is 31.6 Å². The normalized spacial score (nSPS) is 26.0. The minimum atomic E-state index is 0.873. The summed E-state index contributed by atoms with van der Waals surface area (Å²) in [5, 5.41) is 3.52. The Bertz CT molecular complexity index is 485. The fourth-order valence-electron chi connectivity index (χ4n) is 3.69. The molecule has 1 saturated carbocycles. The summed E-state index contributed by atoms with van der Waals surface area (Å²) in [6, 6.07) is 4.09. The Hall–Kier alpha value is -0.740. The van der Waals surface area contributed by atoms with Crippen LogP contribution in [0.25, 0.3) is 0 Å². The molecular weight excluding hydrogens is 302 g/mol. The van der Waals surface area contributed by atoms with Crippen LogP contribution in [0.3, 0.4) is 0 Å². The molecule has 0 radical (unpaired) electrons. The molecule has 0 spiro atoms. The predicted molar refractivity (Wildman–Crippen MR) is 91.4 cm³/mol. The Balaban J connectivity index is 1.49. The molecule has 116 valence electrons. The SMILES string of the molecule is CN=C(NCCc1ccc(Cl)s1)N1CC2CCCCC2C1. The van der Waals surface area contributed by atoms with Crippen molar-refractivity contribution in [3.8, 4) is 0 Å². The second-order valence-electron chi connectivity index (χ2n) is 6.14. The summed E-state index contributed by atoms with van der Waals surface area (Å²) >= 11 is 7.64. The lowest BCUT2D eigenvalue weighted by Gasteiger charge is -2.22. The van der Waals surface area contributed by atoms with Gasteiger partial charge in [-0.05, 0) is 43.2 Å². The van der Waals surface area contributed by atoms with Crippen LogP contribution in [0.1, 0.15) is 30.6 Å². The fraction of sp³-hybridized carbons (Fsp3) is 0.688. The van der Waals surface area contributed by atoms with Gasteiger partial charge in [0.05, 0.1) is 4.34 Å². The molecule has 21 heavy (non-hydrogen) atoms. The Morgan fingerprint density at radius 3 is 2.62 bits per heavy atom. The van der Waals surface area contributed by atoms with E-state index in [4.69, 9.17) is 11.6 Å². The van der Waals surface area contributed by atoms with Gasteiger partial charge in [0.2, 0.25) is 0 Å². The number of thiophene rings is 1.